The van der Waals surface area contributed by atoms with Crippen molar-refractivity contribution in [3.8, 4) is 17.1 Å². The van der Waals surface area contributed by atoms with Gasteiger partial charge in [0.2, 0.25) is 5.88 Å². The van der Waals surface area contributed by atoms with Crippen LogP contribution < -0.4 is 10.1 Å². The lowest BCUT2D eigenvalue weighted by atomic mass is 10.1. The normalized spacial score (nSPS) is 10.8. The summed E-state index contributed by atoms with van der Waals surface area (Å²) in [5.41, 5.74) is 3.77. The van der Waals surface area contributed by atoms with E-state index in [0.717, 1.165) is 21.1 Å². The van der Waals surface area contributed by atoms with Crippen LogP contribution in [0.25, 0.3) is 11.3 Å². The van der Waals surface area contributed by atoms with Crippen molar-refractivity contribution in [3.63, 3.8) is 0 Å². The highest BCUT2D eigenvalue weighted by Gasteiger charge is 2.20. The Balaban J connectivity index is 1.52. The second-order valence-electron chi connectivity index (χ2n) is 6.42. The number of carbonyl (C=O) groups excluding carboxylic acids is 1. The van der Waals surface area contributed by atoms with E-state index in [-0.39, 0.29) is 5.91 Å². The number of halogens is 1. The lowest BCUT2D eigenvalue weighted by molar-refractivity contribution is 0.102. The second kappa shape index (κ2) is 8.91. The highest BCUT2D eigenvalue weighted by atomic mass is 35.5. The summed E-state index contributed by atoms with van der Waals surface area (Å²) in [6.07, 6.45) is 2.11. The number of amides is 1. The molecule has 4 rings (SSSR count). The summed E-state index contributed by atoms with van der Waals surface area (Å²) in [7, 11) is 1.55. The van der Waals surface area contributed by atoms with Crippen LogP contribution in [-0.2, 0) is 6.42 Å². The Kier molecular flexibility index (Phi) is 6.08. The minimum Gasteiger partial charge on any atom is -0.481 e. The van der Waals surface area contributed by atoms with Gasteiger partial charge in [0, 0.05) is 33.3 Å². The van der Waals surface area contributed by atoms with Crippen molar-refractivity contribution in [2.24, 2.45) is 0 Å². The van der Waals surface area contributed by atoms with Crippen molar-refractivity contribution < 1.29 is 9.53 Å². The van der Waals surface area contributed by atoms with Gasteiger partial charge in [-0.2, -0.15) is 4.37 Å². The fourth-order valence-electron chi connectivity index (χ4n) is 2.88. The summed E-state index contributed by atoms with van der Waals surface area (Å²) < 4.78 is 9.43. The van der Waals surface area contributed by atoms with Gasteiger partial charge in [0.15, 0.2) is 0 Å². The SMILES string of the molecule is COc1ccc(NC(=O)c2c(C)nsc2Cc2nc(-c3ccc(Cl)cc3)cs2)cn1. The molecule has 6 nitrogen and oxygen atoms in total. The molecule has 0 aliphatic heterocycles. The molecule has 1 N–H and O–H groups in total. The van der Waals surface area contributed by atoms with Crippen LogP contribution in [0.2, 0.25) is 5.02 Å². The monoisotopic (exact) mass is 456 g/mol. The van der Waals surface area contributed by atoms with Crippen LogP contribution in [-0.4, -0.2) is 27.4 Å². The van der Waals surface area contributed by atoms with Gasteiger partial charge in [-0.25, -0.2) is 9.97 Å². The smallest absolute Gasteiger partial charge is 0.258 e. The van der Waals surface area contributed by atoms with Crippen LogP contribution in [0.3, 0.4) is 0 Å². The maximum atomic E-state index is 12.9. The largest absolute Gasteiger partial charge is 0.481 e. The Morgan fingerprint density at radius 3 is 2.70 bits per heavy atom. The van der Waals surface area contributed by atoms with Gasteiger partial charge in [-0.1, -0.05) is 23.7 Å². The number of aryl methyl sites for hydroxylation is 1. The predicted molar refractivity (Wildman–Crippen MR) is 121 cm³/mol. The van der Waals surface area contributed by atoms with Gasteiger partial charge < -0.3 is 10.1 Å². The Bertz CT molecular complexity index is 1170. The van der Waals surface area contributed by atoms with Gasteiger partial charge in [0.25, 0.3) is 5.91 Å². The molecule has 152 valence electrons. The first-order chi connectivity index (χ1) is 14.5. The van der Waals surface area contributed by atoms with Crippen molar-refractivity contribution in [1.29, 1.82) is 0 Å². The molecule has 0 fully saturated rings. The fraction of sp³-hybridized carbons (Fsp3) is 0.143. The first kappa shape index (κ1) is 20.5. The Labute approximate surface area is 186 Å². The molecule has 3 heterocycles. The number of hydrogen-bond donors (Lipinski definition) is 1. The molecule has 0 aliphatic carbocycles. The molecular formula is C21H17ClN4O2S2. The topological polar surface area (TPSA) is 77.0 Å². The first-order valence-corrected chi connectivity index (χ1v) is 11.0. The number of pyridine rings is 1. The average Bonchev–Trinajstić information content (AvgIpc) is 3.36. The number of aromatic nitrogens is 3. The molecule has 3 aromatic heterocycles. The molecule has 9 heteroatoms. The Morgan fingerprint density at radius 1 is 1.20 bits per heavy atom. The fourth-order valence-corrected chi connectivity index (χ4v) is 4.78. The summed E-state index contributed by atoms with van der Waals surface area (Å²) in [5, 5.41) is 6.50. The molecule has 1 amide bonds. The number of benzene rings is 1. The van der Waals surface area contributed by atoms with Crippen LogP contribution in [0.1, 0.15) is 25.9 Å². The van der Waals surface area contributed by atoms with Crippen LogP contribution in [0.4, 0.5) is 5.69 Å². The lowest BCUT2D eigenvalue weighted by Crippen LogP contribution is -2.14. The van der Waals surface area contributed by atoms with Gasteiger partial charge in [0.05, 0.1) is 41.0 Å². The third-order valence-electron chi connectivity index (χ3n) is 4.37. The van der Waals surface area contributed by atoms with E-state index < -0.39 is 0 Å². The highest BCUT2D eigenvalue weighted by Crippen LogP contribution is 2.28. The van der Waals surface area contributed by atoms with Gasteiger partial charge >= 0.3 is 0 Å². The minimum absolute atomic E-state index is 0.210. The number of anilines is 1. The number of carbonyl (C=O) groups is 1. The van der Waals surface area contributed by atoms with Gasteiger partial charge in [-0.3, -0.25) is 4.79 Å². The molecule has 0 saturated heterocycles. The number of rotatable bonds is 6. The van der Waals surface area contributed by atoms with Gasteiger partial charge in [0.1, 0.15) is 0 Å². The standard InChI is InChI=1S/C21H17ClN4O2S2/c1-12-20(21(27)24-15-7-8-18(28-2)23-10-15)17(30-26-12)9-19-25-16(11-29-19)13-3-5-14(22)6-4-13/h3-8,10-11H,9H2,1-2H3,(H,24,27). The Hall–Kier alpha value is -2.81. The molecule has 0 spiro atoms. The first-order valence-electron chi connectivity index (χ1n) is 9.00. The molecule has 1 aromatic carbocycles. The third kappa shape index (κ3) is 4.51. The predicted octanol–water partition coefficient (Wildman–Crippen LogP) is 5.48. The number of nitrogens with zero attached hydrogens (tertiary/aromatic N) is 3. The van der Waals surface area contributed by atoms with E-state index in [2.05, 4.69) is 14.7 Å². The number of ether oxygens (including phenoxy) is 1. The van der Waals surface area contributed by atoms with E-state index in [1.807, 2.05) is 36.6 Å². The van der Waals surface area contributed by atoms with Crippen molar-refractivity contribution in [2.75, 3.05) is 12.4 Å². The van der Waals surface area contributed by atoms with Crippen LogP contribution >= 0.6 is 34.5 Å². The molecule has 0 aliphatic rings. The summed E-state index contributed by atoms with van der Waals surface area (Å²) in [6.45, 7) is 1.84. The lowest BCUT2D eigenvalue weighted by Gasteiger charge is -2.07. The molecule has 30 heavy (non-hydrogen) atoms. The maximum absolute atomic E-state index is 12.9. The van der Waals surface area contributed by atoms with E-state index in [1.54, 1.807) is 36.8 Å². The molecule has 0 unspecified atom stereocenters. The highest BCUT2D eigenvalue weighted by molar-refractivity contribution is 7.10. The molecule has 0 bridgehead atoms. The molecule has 0 atom stereocenters. The average molecular weight is 457 g/mol. The zero-order valence-corrected chi connectivity index (χ0v) is 18.6. The summed E-state index contributed by atoms with van der Waals surface area (Å²) in [4.78, 5) is 22.6. The van der Waals surface area contributed by atoms with Crippen molar-refractivity contribution >= 4 is 46.1 Å². The van der Waals surface area contributed by atoms with E-state index >= 15 is 0 Å². The maximum Gasteiger partial charge on any atom is 0.258 e. The Morgan fingerprint density at radius 2 is 2.00 bits per heavy atom. The minimum atomic E-state index is -0.210. The zero-order valence-electron chi connectivity index (χ0n) is 16.2. The summed E-state index contributed by atoms with van der Waals surface area (Å²) in [5.74, 6) is 0.278. The summed E-state index contributed by atoms with van der Waals surface area (Å²) >= 11 is 8.85. The zero-order chi connectivity index (χ0) is 21.1. The summed E-state index contributed by atoms with van der Waals surface area (Å²) in [6, 6.07) is 11.0. The number of methoxy groups -OCH3 is 1. The van der Waals surface area contributed by atoms with E-state index in [0.29, 0.717) is 34.3 Å². The van der Waals surface area contributed by atoms with E-state index in [4.69, 9.17) is 21.3 Å². The number of thiazole rings is 1. The second-order valence-corrected chi connectivity index (χ2v) is 8.66. The van der Waals surface area contributed by atoms with Gasteiger partial charge in [-0.15, -0.1) is 11.3 Å². The number of hydrogen-bond acceptors (Lipinski definition) is 7. The van der Waals surface area contributed by atoms with Crippen LogP contribution in [0.15, 0.2) is 48.0 Å². The number of nitrogens with one attached hydrogen (secondary N) is 1. The quantitative estimate of drug-likeness (QED) is 0.416. The van der Waals surface area contributed by atoms with Crippen LogP contribution in [0.5, 0.6) is 5.88 Å². The van der Waals surface area contributed by atoms with Crippen molar-refractivity contribution in [1.82, 2.24) is 14.3 Å². The van der Waals surface area contributed by atoms with Crippen molar-refractivity contribution in [3.05, 3.63) is 74.1 Å². The molecule has 0 radical (unpaired) electrons. The van der Waals surface area contributed by atoms with E-state index in [9.17, 15) is 4.79 Å². The van der Waals surface area contributed by atoms with E-state index in [1.165, 1.54) is 11.5 Å². The van der Waals surface area contributed by atoms with Crippen LogP contribution in [0, 0.1) is 6.92 Å². The van der Waals surface area contributed by atoms with Gasteiger partial charge in [-0.05, 0) is 36.7 Å². The van der Waals surface area contributed by atoms with Crippen molar-refractivity contribution in [2.45, 2.75) is 13.3 Å². The third-order valence-corrected chi connectivity index (χ3v) is 6.40. The molecular weight excluding hydrogens is 440 g/mol. The molecule has 0 saturated carbocycles. The molecule has 4 aromatic rings.